The van der Waals surface area contributed by atoms with Crippen LogP contribution in [0.3, 0.4) is 0 Å². The summed E-state index contributed by atoms with van der Waals surface area (Å²) < 4.78 is 0. The molecule has 18 heavy (non-hydrogen) atoms. The topological polar surface area (TPSA) is 20.2 Å². The molecule has 1 nitrogen and oxygen atoms in total. The summed E-state index contributed by atoms with van der Waals surface area (Å²) in [6.45, 7) is 3.99. The van der Waals surface area contributed by atoms with Crippen molar-refractivity contribution in [2.75, 3.05) is 0 Å². The Morgan fingerprint density at radius 3 is 2.50 bits per heavy atom. The molecule has 2 heteroatoms. The van der Waals surface area contributed by atoms with Gasteiger partial charge in [0.05, 0.1) is 5.60 Å². The number of thiophene rings is 1. The van der Waals surface area contributed by atoms with Crippen LogP contribution in [0.5, 0.6) is 0 Å². The Hall–Kier alpha value is -1.12. The number of rotatable bonds is 5. The largest absolute Gasteiger partial charge is 0.385 e. The Kier molecular flexibility index (Phi) is 4.20. The first-order valence-corrected chi connectivity index (χ1v) is 7.28. The highest BCUT2D eigenvalue weighted by atomic mass is 32.1. The van der Waals surface area contributed by atoms with Gasteiger partial charge in [0.25, 0.3) is 0 Å². The van der Waals surface area contributed by atoms with E-state index in [4.69, 9.17) is 0 Å². The molecule has 1 unspecified atom stereocenters. The zero-order chi connectivity index (χ0) is 13.0. The van der Waals surface area contributed by atoms with Gasteiger partial charge in [0.1, 0.15) is 0 Å². The fourth-order valence-electron chi connectivity index (χ4n) is 2.32. The number of hydrogen-bond donors (Lipinski definition) is 1. The minimum atomic E-state index is -0.687. The van der Waals surface area contributed by atoms with Crippen LogP contribution in [0.25, 0.3) is 0 Å². The lowest BCUT2D eigenvalue weighted by molar-refractivity contribution is 0.0489. The molecule has 0 saturated heterocycles. The van der Waals surface area contributed by atoms with E-state index in [9.17, 15) is 5.11 Å². The van der Waals surface area contributed by atoms with E-state index in [0.717, 1.165) is 24.1 Å². The van der Waals surface area contributed by atoms with E-state index < -0.39 is 5.60 Å². The second-order valence-corrected chi connectivity index (χ2v) is 5.96. The van der Waals surface area contributed by atoms with Crippen molar-refractivity contribution in [3.63, 3.8) is 0 Å². The van der Waals surface area contributed by atoms with Crippen LogP contribution >= 0.6 is 11.3 Å². The zero-order valence-electron chi connectivity index (χ0n) is 11.0. The molecule has 1 aromatic heterocycles. The van der Waals surface area contributed by atoms with Gasteiger partial charge in [-0.3, -0.25) is 0 Å². The molecule has 0 spiro atoms. The normalized spacial score (nSPS) is 14.4. The molecule has 0 bridgehead atoms. The predicted molar refractivity (Wildman–Crippen MR) is 78.0 cm³/mol. The van der Waals surface area contributed by atoms with Crippen LogP contribution in [0, 0.1) is 6.92 Å². The summed E-state index contributed by atoms with van der Waals surface area (Å²) in [6, 6.07) is 12.5. The third-order valence-electron chi connectivity index (χ3n) is 3.32. The van der Waals surface area contributed by atoms with Crippen molar-refractivity contribution in [3.8, 4) is 0 Å². The standard InChI is InChI=1S/C16H20OS/c1-13-10-12-18-15(13)16(2,17)11-6-9-14-7-4-3-5-8-14/h3-5,7-8,10,12,17H,6,9,11H2,1-2H3. The Bertz CT molecular complexity index is 485. The average Bonchev–Trinajstić information content (AvgIpc) is 2.77. The van der Waals surface area contributed by atoms with Gasteiger partial charge >= 0.3 is 0 Å². The van der Waals surface area contributed by atoms with Gasteiger partial charge < -0.3 is 5.11 Å². The Balaban J connectivity index is 1.92. The van der Waals surface area contributed by atoms with E-state index in [2.05, 4.69) is 42.6 Å². The van der Waals surface area contributed by atoms with Crippen molar-refractivity contribution in [1.82, 2.24) is 0 Å². The lowest BCUT2D eigenvalue weighted by atomic mass is 9.94. The van der Waals surface area contributed by atoms with Gasteiger partial charge in [0.15, 0.2) is 0 Å². The summed E-state index contributed by atoms with van der Waals surface area (Å²) in [5.41, 5.74) is 1.86. The molecule has 1 aromatic carbocycles. The maximum Gasteiger partial charge on any atom is 0.0962 e. The molecular weight excluding hydrogens is 240 g/mol. The molecule has 0 aliphatic heterocycles. The highest BCUT2D eigenvalue weighted by Gasteiger charge is 2.25. The number of benzene rings is 1. The first-order valence-electron chi connectivity index (χ1n) is 6.40. The van der Waals surface area contributed by atoms with Crippen molar-refractivity contribution < 1.29 is 5.11 Å². The second kappa shape index (κ2) is 5.68. The lowest BCUT2D eigenvalue weighted by Gasteiger charge is -2.23. The zero-order valence-corrected chi connectivity index (χ0v) is 11.8. The van der Waals surface area contributed by atoms with Crippen LogP contribution in [0.2, 0.25) is 0 Å². The van der Waals surface area contributed by atoms with Crippen LogP contribution in [0.15, 0.2) is 41.8 Å². The van der Waals surface area contributed by atoms with Crippen LogP contribution in [-0.4, -0.2) is 5.11 Å². The monoisotopic (exact) mass is 260 g/mol. The van der Waals surface area contributed by atoms with Gasteiger partial charge in [-0.15, -0.1) is 11.3 Å². The molecule has 0 fully saturated rings. The maximum atomic E-state index is 10.5. The van der Waals surface area contributed by atoms with Crippen molar-refractivity contribution >= 4 is 11.3 Å². The van der Waals surface area contributed by atoms with Crippen molar-refractivity contribution in [2.24, 2.45) is 0 Å². The van der Waals surface area contributed by atoms with Crippen LogP contribution < -0.4 is 0 Å². The first-order chi connectivity index (χ1) is 8.59. The first kappa shape index (κ1) is 13.3. The molecule has 0 aliphatic carbocycles. The summed E-state index contributed by atoms with van der Waals surface area (Å²) in [4.78, 5) is 1.11. The minimum Gasteiger partial charge on any atom is -0.385 e. The molecule has 2 aromatic rings. The minimum absolute atomic E-state index is 0.687. The van der Waals surface area contributed by atoms with E-state index in [1.54, 1.807) is 11.3 Å². The molecule has 1 heterocycles. The Morgan fingerprint density at radius 2 is 1.89 bits per heavy atom. The molecule has 1 N–H and O–H groups in total. The van der Waals surface area contributed by atoms with E-state index in [0.29, 0.717) is 0 Å². The highest BCUT2D eigenvalue weighted by Crippen LogP contribution is 2.33. The summed E-state index contributed by atoms with van der Waals surface area (Å²) >= 11 is 1.65. The van der Waals surface area contributed by atoms with Crippen molar-refractivity contribution in [3.05, 3.63) is 57.8 Å². The fourth-order valence-corrected chi connectivity index (χ4v) is 3.34. The maximum absolute atomic E-state index is 10.5. The molecule has 0 radical (unpaired) electrons. The van der Waals surface area contributed by atoms with Gasteiger partial charge in [0.2, 0.25) is 0 Å². The smallest absolute Gasteiger partial charge is 0.0962 e. The van der Waals surface area contributed by atoms with Crippen molar-refractivity contribution in [1.29, 1.82) is 0 Å². The molecule has 0 aliphatic rings. The molecule has 0 amide bonds. The molecule has 1 atom stereocenters. The van der Waals surface area contributed by atoms with Gasteiger partial charge in [0, 0.05) is 4.88 Å². The lowest BCUT2D eigenvalue weighted by Crippen LogP contribution is -2.20. The van der Waals surface area contributed by atoms with E-state index in [1.807, 2.05) is 13.0 Å². The highest BCUT2D eigenvalue weighted by molar-refractivity contribution is 7.10. The molecule has 0 saturated carbocycles. The summed E-state index contributed by atoms with van der Waals surface area (Å²) in [7, 11) is 0. The van der Waals surface area contributed by atoms with Gasteiger partial charge in [-0.25, -0.2) is 0 Å². The summed E-state index contributed by atoms with van der Waals surface area (Å²) in [6.07, 6.45) is 2.85. The van der Waals surface area contributed by atoms with Gasteiger partial charge in [-0.2, -0.15) is 0 Å². The van der Waals surface area contributed by atoms with Crippen molar-refractivity contribution in [2.45, 2.75) is 38.7 Å². The Morgan fingerprint density at radius 1 is 1.17 bits per heavy atom. The van der Waals surface area contributed by atoms with Crippen LogP contribution in [-0.2, 0) is 12.0 Å². The van der Waals surface area contributed by atoms with E-state index in [1.165, 1.54) is 11.1 Å². The molecule has 96 valence electrons. The van der Waals surface area contributed by atoms with Crippen LogP contribution in [0.1, 0.15) is 35.8 Å². The quantitative estimate of drug-likeness (QED) is 0.850. The van der Waals surface area contributed by atoms with Gasteiger partial charge in [-0.05, 0) is 55.7 Å². The SMILES string of the molecule is Cc1ccsc1C(C)(O)CCCc1ccccc1. The predicted octanol–water partition coefficient (Wildman–Crippen LogP) is 4.29. The summed E-state index contributed by atoms with van der Waals surface area (Å²) in [5, 5.41) is 12.6. The van der Waals surface area contributed by atoms with Gasteiger partial charge in [-0.1, -0.05) is 30.3 Å². The number of aryl methyl sites for hydroxylation is 2. The third kappa shape index (κ3) is 3.21. The van der Waals surface area contributed by atoms with E-state index in [-0.39, 0.29) is 0 Å². The van der Waals surface area contributed by atoms with E-state index >= 15 is 0 Å². The molecular formula is C16H20OS. The average molecular weight is 260 g/mol. The van der Waals surface area contributed by atoms with Crippen LogP contribution in [0.4, 0.5) is 0 Å². The third-order valence-corrected chi connectivity index (χ3v) is 4.59. The fraction of sp³-hybridized carbons (Fsp3) is 0.375. The number of aliphatic hydroxyl groups is 1. The number of hydrogen-bond acceptors (Lipinski definition) is 2. The Labute approximate surface area is 113 Å². The second-order valence-electron chi connectivity index (χ2n) is 5.05. The summed E-state index contributed by atoms with van der Waals surface area (Å²) in [5.74, 6) is 0. The molecule has 2 rings (SSSR count).